The number of carboxylic acid groups (broad SMARTS) is 1. The summed E-state index contributed by atoms with van der Waals surface area (Å²) in [5.74, 6) is 0.281. The average molecular weight is 402 g/mol. The van der Waals surface area contributed by atoms with E-state index in [1.165, 1.54) is 5.56 Å². The third-order valence-electron chi connectivity index (χ3n) is 4.22. The first kappa shape index (κ1) is 22.7. The number of benzene rings is 2. The Kier molecular flexibility index (Phi) is 8.96. The molecule has 2 aromatic rings. The lowest BCUT2D eigenvalue weighted by molar-refractivity contribution is -0.153. The van der Waals surface area contributed by atoms with Crippen molar-refractivity contribution in [3.05, 3.63) is 59.7 Å². The summed E-state index contributed by atoms with van der Waals surface area (Å²) in [6.45, 7) is 5.87. The molecular formula is C23H30O6. The smallest absolute Gasteiger partial charge is 0.333 e. The maximum Gasteiger partial charge on any atom is 0.333 e. The van der Waals surface area contributed by atoms with Crippen molar-refractivity contribution in [1.82, 2.24) is 0 Å². The third-order valence-corrected chi connectivity index (χ3v) is 4.22. The van der Waals surface area contributed by atoms with E-state index in [4.69, 9.17) is 14.2 Å². The lowest BCUT2D eigenvalue weighted by Gasteiger charge is -2.17. The molecular weight excluding hydrogens is 372 g/mol. The van der Waals surface area contributed by atoms with Crippen LogP contribution in [0.3, 0.4) is 0 Å². The van der Waals surface area contributed by atoms with Crippen molar-refractivity contribution in [3.63, 3.8) is 0 Å². The molecule has 0 heterocycles. The summed E-state index contributed by atoms with van der Waals surface area (Å²) in [5, 5.41) is 19.4. The van der Waals surface area contributed by atoms with Crippen molar-refractivity contribution in [3.8, 4) is 11.5 Å². The first-order valence-corrected chi connectivity index (χ1v) is 9.87. The molecule has 2 unspecified atom stereocenters. The second kappa shape index (κ2) is 11.4. The van der Waals surface area contributed by atoms with Crippen LogP contribution in [0.15, 0.2) is 48.5 Å². The minimum Gasteiger partial charge on any atom is -0.491 e. The molecule has 0 aliphatic rings. The van der Waals surface area contributed by atoms with Gasteiger partial charge in [-0.2, -0.15) is 0 Å². The summed E-state index contributed by atoms with van der Waals surface area (Å²) in [6, 6.07) is 14.9. The van der Waals surface area contributed by atoms with E-state index in [9.17, 15) is 15.0 Å². The molecule has 0 bridgehead atoms. The van der Waals surface area contributed by atoms with Gasteiger partial charge >= 0.3 is 5.97 Å². The first-order chi connectivity index (χ1) is 13.9. The van der Waals surface area contributed by atoms with E-state index in [0.717, 1.165) is 17.7 Å². The van der Waals surface area contributed by atoms with Gasteiger partial charge in [-0.1, -0.05) is 31.2 Å². The molecule has 0 saturated carbocycles. The lowest BCUT2D eigenvalue weighted by Crippen LogP contribution is -2.29. The van der Waals surface area contributed by atoms with Gasteiger partial charge in [-0.3, -0.25) is 0 Å². The molecule has 2 rings (SSSR count). The van der Waals surface area contributed by atoms with Crippen LogP contribution in [0.4, 0.5) is 0 Å². The quantitative estimate of drug-likeness (QED) is 0.565. The Morgan fingerprint density at radius 1 is 0.966 bits per heavy atom. The van der Waals surface area contributed by atoms with Crippen LogP contribution in [-0.2, 0) is 22.4 Å². The van der Waals surface area contributed by atoms with E-state index in [1.807, 2.05) is 30.3 Å². The third kappa shape index (κ3) is 8.13. The van der Waals surface area contributed by atoms with Gasteiger partial charge < -0.3 is 24.4 Å². The molecule has 0 aromatic heterocycles. The minimum absolute atomic E-state index is 0.0712. The van der Waals surface area contributed by atoms with Crippen LogP contribution in [-0.4, -0.2) is 47.7 Å². The van der Waals surface area contributed by atoms with E-state index < -0.39 is 18.2 Å². The van der Waals surface area contributed by atoms with Gasteiger partial charge in [0.1, 0.15) is 30.8 Å². The minimum atomic E-state index is -0.996. The number of hydrogen-bond donors (Lipinski definition) is 2. The summed E-state index contributed by atoms with van der Waals surface area (Å²) in [6.07, 6.45) is -0.722. The van der Waals surface area contributed by atoms with E-state index in [0.29, 0.717) is 5.75 Å². The molecule has 6 nitrogen and oxygen atoms in total. The number of aliphatic hydroxyl groups excluding tert-OH is 1. The summed E-state index contributed by atoms with van der Waals surface area (Å²) >= 11 is 0. The second-order valence-corrected chi connectivity index (χ2v) is 7.14. The number of carbonyl (C=O) groups is 1. The molecule has 0 amide bonds. The molecule has 29 heavy (non-hydrogen) atoms. The normalized spacial score (nSPS) is 13.1. The lowest BCUT2D eigenvalue weighted by atomic mass is 10.1. The fourth-order valence-corrected chi connectivity index (χ4v) is 2.79. The Balaban J connectivity index is 1.85. The molecule has 2 atom stereocenters. The van der Waals surface area contributed by atoms with Crippen molar-refractivity contribution in [2.24, 2.45) is 0 Å². The monoisotopic (exact) mass is 402 g/mol. The molecule has 0 aliphatic carbocycles. The Hall–Kier alpha value is -2.57. The highest BCUT2D eigenvalue weighted by Gasteiger charge is 2.20. The van der Waals surface area contributed by atoms with E-state index in [-0.39, 0.29) is 25.7 Å². The first-order valence-electron chi connectivity index (χ1n) is 9.87. The number of ether oxygens (including phenoxy) is 3. The Bertz CT molecular complexity index is 773. The number of aliphatic hydroxyl groups is 1. The average Bonchev–Trinajstić information content (AvgIpc) is 2.70. The number of aryl methyl sites for hydroxylation is 1. The second-order valence-electron chi connectivity index (χ2n) is 7.14. The van der Waals surface area contributed by atoms with Crippen LogP contribution in [0.25, 0.3) is 0 Å². The fraction of sp³-hybridized carbons (Fsp3) is 0.435. The zero-order chi connectivity index (χ0) is 21.2. The van der Waals surface area contributed by atoms with Gasteiger partial charge in [0.2, 0.25) is 0 Å². The molecule has 0 radical (unpaired) electrons. The largest absolute Gasteiger partial charge is 0.491 e. The highest BCUT2D eigenvalue weighted by Crippen LogP contribution is 2.17. The molecule has 0 aliphatic heterocycles. The van der Waals surface area contributed by atoms with Gasteiger partial charge in [-0.05, 0) is 55.7 Å². The molecule has 0 saturated heterocycles. The molecule has 0 spiro atoms. The van der Waals surface area contributed by atoms with Gasteiger partial charge in [0.25, 0.3) is 0 Å². The standard InChI is InChI=1S/C23H30O6/c1-4-17-7-5-9-20(11-17)27-14-19(24)15-28-21-10-6-8-18(12-21)13-22(23(25)26)29-16(2)3/h5-12,16,19,22,24H,4,13-15H2,1-3H3,(H,25,26). The maximum absolute atomic E-state index is 11.4. The van der Waals surface area contributed by atoms with Crippen molar-refractivity contribution >= 4 is 5.97 Å². The Labute approximate surface area is 172 Å². The summed E-state index contributed by atoms with van der Waals surface area (Å²) in [7, 11) is 0. The Morgan fingerprint density at radius 2 is 1.52 bits per heavy atom. The molecule has 158 valence electrons. The summed E-state index contributed by atoms with van der Waals surface area (Å²) in [5.41, 5.74) is 1.96. The predicted molar refractivity (Wildman–Crippen MR) is 111 cm³/mol. The topological polar surface area (TPSA) is 85.2 Å². The van der Waals surface area contributed by atoms with E-state index >= 15 is 0 Å². The van der Waals surface area contributed by atoms with Crippen LogP contribution in [0.5, 0.6) is 11.5 Å². The highest BCUT2D eigenvalue weighted by molar-refractivity contribution is 5.72. The number of carboxylic acids is 1. The van der Waals surface area contributed by atoms with Crippen molar-refractivity contribution in [1.29, 1.82) is 0 Å². The van der Waals surface area contributed by atoms with Crippen molar-refractivity contribution in [2.45, 2.75) is 51.9 Å². The Morgan fingerprint density at radius 3 is 2.03 bits per heavy atom. The zero-order valence-electron chi connectivity index (χ0n) is 17.2. The number of rotatable bonds is 12. The van der Waals surface area contributed by atoms with Crippen LogP contribution in [0.2, 0.25) is 0 Å². The zero-order valence-corrected chi connectivity index (χ0v) is 17.2. The van der Waals surface area contributed by atoms with Gasteiger partial charge in [-0.25, -0.2) is 4.79 Å². The van der Waals surface area contributed by atoms with Gasteiger partial charge in [0.15, 0.2) is 6.10 Å². The van der Waals surface area contributed by atoms with Crippen molar-refractivity contribution < 1.29 is 29.2 Å². The molecule has 0 fully saturated rings. The summed E-state index contributed by atoms with van der Waals surface area (Å²) < 4.78 is 16.7. The predicted octanol–water partition coefficient (Wildman–Crippen LogP) is 3.49. The summed E-state index contributed by atoms with van der Waals surface area (Å²) in [4.78, 5) is 11.4. The fourth-order valence-electron chi connectivity index (χ4n) is 2.79. The molecule has 6 heteroatoms. The molecule has 2 N–H and O–H groups in total. The highest BCUT2D eigenvalue weighted by atomic mass is 16.5. The van der Waals surface area contributed by atoms with Gasteiger partial charge in [0.05, 0.1) is 6.10 Å². The number of hydrogen-bond acceptors (Lipinski definition) is 5. The van der Waals surface area contributed by atoms with Gasteiger partial charge in [0, 0.05) is 6.42 Å². The number of aliphatic carboxylic acids is 1. The van der Waals surface area contributed by atoms with E-state index in [1.54, 1.807) is 32.0 Å². The van der Waals surface area contributed by atoms with Crippen LogP contribution >= 0.6 is 0 Å². The maximum atomic E-state index is 11.4. The van der Waals surface area contributed by atoms with E-state index in [2.05, 4.69) is 6.92 Å². The molecule has 2 aromatic carbocycles. The van der Waals surface area contributed by atoms with Crippen molar-refractivity contribution in [2.75, 3.05) is 13.2 Å². The van der Waals surface area contributed by atoms with Crippen LogP contribution in [0, 0.1) is 0 Å². The van der Waals surface area contributed by atoms with Crippen LogP contribution < -0.4 is 9.47 Å². The van der Waals surface area contributed by atoms with Gasteiger partial charge in [-0.15, -0.1) is 0 Å². The SMILES string of the molecule is CCc1cccc(OCC(O)COc2cccc(CC(OC(C)C)C(=O)O)c2)c1. The van der Waals surface area contributed by atoms with Crippen LogP contribution in [0.1, 0.15) is 31.9 Å².